The summed E-state index contributed by atoms with van der Waals surface area (Å²) < 4.78 is 0. The SMILES string of the molecule is NC(=O)Cc1ccccc1NC(=O)N[C@@H]1CCCc2ccccc21. The van der Waals surface area contributed by atoms with Crippen molar-refractivity contribution in [3.05, 3.63) is 65.2 Å². The molecule has 1 aliphatic carbocycles. The van der Waals surface area contributed by atoms with Gasteiger partial charge in [0.2, 0.25) is 5.91 Å². The fourth-order valence-electron chi connectivity index (χ4n) is 3.20. The number of para-hydroxylation sites is 1. The summed E-state index contributed by atoms with van der Waals surface area (Å²) in [6.45, 7) is 0. The number of primary amides is 1. The molecule has 0 aliphatic heterocycles. The fraction of sp³-hybridized carbons (Fsp3) is 0.263. The van der Waals surface area contributed by atoms with Crippen molar-refractivity contribution in [2.45, 2.75) is 31.7 Å². The Labute approximate surface area is 141 Å². The molecular formula is C19H21N3O2. The third-order valence-electron chi connectivity index (χ3n) is 4.30. The second-order valence-corrected chi connectivity index (χ2v) is 6.04. The van der Waals surface area contributed by atoms with Gasteiger partial charge in [-0.05, 0) is 42.0 Å². The molecule has 0 radical (unpaired) electrons. The summed E-state index contributed by atoms with van der Waals surface area (Å²) in [5.41, 5.74) is 9.06. The van der Waals surface area contributed by atoms with E-state index < -0.39 is 5.91 Å². The van der Waals surface area contributed by atoms with Gasteiger partial charge in [-0.1, -0.05) is 42.5 Å². The Morgan fingerprint density at radius 1 is 1.08 bits per heavy atom. The van der Waals surface area contributed by atoms with Crippen molar-refractivity contribution in [3.8, 4) is 0 Å². The second kappa shape index (κ2) is 7.17. The average Bonchev–Trinajstić information content (AvgIpc) is 2.56. The lowest BCUT2D eigenvalue weighted by atomic mass is 9.88. The number of benzene rings is 2. The number of fused-ring (bicyclic) bond motifs is 1. The highest BCUT2D eigenvalue weighted by molar-refractivity contribution is 5.91. The Hall–Kier alpha value is -2.82. The molecule has 3 rings (SSSR count). The maximum atomic E-state index is 12.4. The van der Waals surface area contributed by atoms with Gasteiger partial charge in [-0.2, -0.15) is 0 Å². The first kappa shape index (κ1) is 16.1. The van der Waals surface area contributed by atoms with E-state index in [2.05, 4.69) is 22.8 Å². The van der Waals surface area contributed by atoms with Crippen LogP contribution < -0.4 is 16.4 Å². The van der Waals surface area contributed by atoms with Gasteiger partial charge in [-0.15, -0.1) is 0 Å². The Balaban J connectivity index is 1.70. The molecule has 24 heavy (non-hydrogen) atoms. The van der Waals surface area contributed by atoms with Crippen molar-refractivity contribution < 1.29 is 9.59 Å². The highest BCUT2D eigenvalue weighted by Crippen LogP contribution is 2.29. The van der Waals surface area contributed by atoms with Gasteiger partial charge >= 0.3 is 6.03 Å². The zero-order valence-electron chi connectivity index (χ0n) is 13.4. The summed E-state index contributed by atoms with van der Waals surface area (Å²) in [6, 6.07) is 15.1. The molecular weight excluding hydrogens is 302 g/mol. The number of nitrogens with two attached hydrogens (primary N) is 1. The van der Waals surface area contributed by atoms with E-state index in [-0.39, 0.29) is 18.5 Å². The lowest BCUT2D eigenvalue weighted by molar-refractivity contribution is -0.117. The third-order valence-corrected chi connectivity index (χ3v) is 4.30. The number of carbonyl (C=O) groups is 2. The number of carbonyl (C=O) groups excluding carboxylic acids is 2. The monoisotopic (exact) mass is 323 g/mol. The minimum absolute atomic E-state index is 0.0123. The number of urea groups is 1. The normalized spacial score (nSPS) is 16.1. The number of nitrogens with one attached hydrogen (secondary N) is 2. The zero-order valence-corrected chi connectivity index (χ0v) is 13.4. The van der Waals surface area contributed by atoms with Crippen LogP contribution in [0.1, 0.15) is 35.6 Å². The van der Waals surface area contributed by atoms with Gasteiger partial charge in [0.1, 0.15) is 0 Å². The number of amides is 3. The highest BCUT2D eigenvalue weighted by atomic mass is 16.2. The van der Waals surface area contributed by atoms with Crippen LogP contribution in [0.25, 0.3) is 0 Å². The molecule has 0 aromatic heterocycles. The van der Waals surface area contributed by atoms with E-state index in [1.807, 2.05) is 24.3 Å². The summed E-state index contributed by atoms with van der Waals surface area (Å²) >= 11 is 0. The molecule has 124 valence electrons. The smallest absolute Gasteiger partial charge is 0.319 e. The van der Waals surface area contributed by atoms with Gasteiger partial charge in [-0.3, -0.25) is 4.79 Å². The predicted molar refractivity (Wildman–Crippen MR) is 93.6 cm³/mol. The Bertz CT molecular complexity index is 758. The van der Waals surface area contributed by atoms with Crippen molar-refractivity contribution in [1.29, 1.82) is 0 Å². The van der Waals surface area contributed by atoms with E-state index in [1.165, 1.54) is 11.1 Å². The number of hydrogen-bond acceptors (Lipinski definition) is 2. The molecule has 1 atom stereocenters. The topological polar surface area (TPSA) is 84.2 Å². The quantitative estimate of drug-likeness (QED) is 0.808. The zero-order chi connectivity index (χ0) is 16.9. The van der Waals surface area contributed by atoms with Gasteiger partial charge in [0.25, 0.3) is 0 Å². The van der Waals surface area contributed by atoms with E-state index in [1.54, 1.807) is 12.1 Å². The molecule has 2 aromatic rings. The van der Waals surface area contributed by atoms with Crippen LogP contribution in [0.4, 0.5) is 10.5 Å². The summed E-state index contributed by atoms with van der Waals surface area (Å²) in [6.07, 6.45) is 3.13. The van der Waals surface area contributed by atoms with E-state index in [4.69, 9.17) is 5.73 Å². The number of hydrogen-bond donors (Lipinski definition) is 3. The molecule has 1 aliphatic rings. The minimum atomic E-state index is -0.425. The van der Waals surface area contributed by atoms with Crippen LogP contribution in [0.5, 0.6) is 0 Å². The molecule has 3 amide bonds. The van der Waals surface area contributed by atoms with Crippen molar-refractivity contribution >= 4 is 17.6 Å². The van der Waals surface area contributed by atoms with E-state index >= 15 is 0 Å². The van der Waals surface area contributed by atoms with Gasteiger partial charge in [0, 0.05) is 5.69 Å². The van der Waals surface area contributed by atoms with Gasteiger partial charge < -0.3 is 16.4 Å². The van der Waals surface area contributed by atoms with Crippen LogP contribution in [0.3, 0.4) is 0 Å². The number of aryl methyl sites for hydroxylation is 1. The van der Waals surface area contributed by atoms with Crippen LogP contribution in [0.2, 0.25) is 0 Å². The summed E-state index contributed by atoms with van der Waals surface area (Å²) in [4.78, 5) is 23.5. The molecule has 0 spiro atoms. The maximum absolute atomic E-state index is 12.4. The van der Waals surface area contributed by atoms with Crippen molar-refractivity contribution in [2.75, 3.05) is 5.32 Å². The standard InChI is InChI=1S/C19H21N3O2/c20-18(23)12-14-7-2-4-10-16(14)21-19(24)22-17-11-5-8-13-6-1-3-9-15(13)17/h1-4,6-7,9-10,17H,5,8,11-12H2,(H2,20,23)(H2,21,22,24)/t17-/m1/s1. The molecule has 2 aromatic carbocycles. The fourth-order valence-corrected chi connectivity index (χ4v) is 3.20. The highest BCUT2D eigenvalue weighted by Gasteiger charge is 2.21. The van der Waals surface area contributed by atoms with Crippen molar-refractivity contribution in [1.82, 2.24) is 5.32 Å². The van der Waals surface area contributed by atoms with Crippen LogP contribution in [0.15, 0.2) is 48.5 Å². The molecule has 0 bridgehead atoms. The van der Waals surface area contributed by atoms with Gasteiger partial charge in [0.15, 0.2) is 0 Å². The molecule has 0 heterocycles. The second-order valence-electron chi connectivity index (χ2n) is 6.04. The van der Waals surface area contributed by atoms with Gasteiger partial charge in [0.05, 0.1) is 12.5 Å². The molecule has 0 fully saturated rings. The van der Waals surface area contributed by atoms with Crippen LogP contribution in [-0.4, -0.2) is 11.9 Å². The van der Waals surface area contributed by atoms with E-state index in [9.17, 15) is 9.59 Å². The van der Waals surface area contributed by atoms with Crippen LogP contribution in [0, 0.1) is 0 Å². The first-order chi connectivity index (χ1) is 11.6. The minimum Gasteiger partial charge on any atom is -0.369 e. The molecule has 0 saturated heterocycles. The van der Waals surface area contributed by atoms with Crippen LogP contribution in [-0.2, 0) is 17.6 Å². The summed E-state index contributed by atoms with van der Waals surface area (Å²) in [5, 5.41) is 5.87. The Kier molecular flexibility index (Phi) is 4.79. The summed E-state index contributed by atoms with van der Waals surface area (Å²) in [7, 11) is 0. The average molecular weight is 323 g/mol. The molecule has 0 unspecified atom stereocenters. The predicted octanol–water partition coefficient (Wildman–Crippen LogP) is 2.91. The third kappa shape index (κ3) is 3.74. The molecule has 5 heteroatoms. The Morgan fingerprint density at radius 2 is 1.83 bits per heavy atom. The maximum Gasteiger partial charge on any atom is 0.319 e. The van der Waals surface area contributed by atoms with Crippen molar-refractivity contribution in [2.24, 2.45) is 5.73 Å². The largest absolute Gasteiger partial charge is 0.369 e. The lowest BCUT2D eigenvalue weighted by Gasteiger charge is -2.26. The molecule has 5 nitrogen and oxygen atoms in total. The Morgan fingerprint density at radius 3 is 2.67 bits per heavy atom. The molecule has 4 N–H and O–H groups in total. The summed E-state index contributed by atoms with van der Waals surface area (Å²) in [5.74, 6) is -0.425. The first-order valence-corrected chi connectivity index (χ1v) is 8.15. The number of rotatable bonds is 4. The molecule has 0 saturated carbocycles. The number of anilines is 1. The van der Waals surface area contributed by atoms with E-state index in [0.29, 0.717) is 11.3 Å². The van der Waals surface area contributed by atoms with Gasteiger partial charge in [-0.25, -0.2) is 4.79 Å². The van der Waals surface area contributed by atoms with Crippen LogP contribution >= 0.6 is 0 Å². The first-order valence-electron chi connectivity index (χ1n) is 8.15. The lowest BCUT2D eigenvalue weighted by Crippen LogP contribution is -2.34. The van der Waals surface area contributed by atoms with E-state index in [0.717, 1.165) is 19.3 Å². The van der Waals surface area contributed by atoms with Crippen molar-refractivity contribution in [3.63, 3.8) is 0 Å².